The molecule has 2 N–H and O–H groups in total. The lowest BCUT2D eigenvalue weighted by atomic mass is 10.1. The van der Waals surface area contributed by atoms with E-state index in [-0.39, 0.29) is 11.9 Å². The Balaban J connectivity index is 2.61. The van der Waals surface area contributed by atoms with Gasteiger partial charge in [0, 0.05) is 12.2 Å². The first-order chi connectivity index (χ1) is 8.04. The molecule has 0 saturated carbocycles. The average molecular weight is 232 g/mol. The van der Waals surface area contributed by atoms with Gasteiger partial charge < -0.3 is 10.6 Å². The standard InChI is InChI=1S/C14H20N2O/c1-5-8-15-14(17)12(4)16-13-7-6-10(2)11(3)9-13/h5-7,9,12,16H,1,8H2,2-4H3,(H,15,17)/t12-/m1/s1. The minimum absolute atomic E-state index is 0.0249. The first-order valence-corrected chi connectivity index (χ1v) is 5.77. The molecule has 1 aromatic carbocycles. The highest BCUT2D eigenvalue weighted by Crippen LogP contribution is 2.14. The number of aryl methyl sites for hydroxylation is 2. The molecule has 92 valence electrons. The Kier molecular flexibility index (Phi) is 4.76. The fourth-order valence-electron chi connectivity index (χ4n) is 1.47. The fraction of sp³-hybridized carbons (Fsp3) is 0.357. The second-order valence-corrected chi connectivity index (χ2v) is 4.20. The summed E-state index contributed by atoms with van der Waals surface area (Å²) in [5.74, 6) is -0.0249. The molecular weight excluding hydrogens is 212 g/mol. The zero-order valence-electron chi connectivity index (χ0n) is 10.7. The second-order valence-electron chi connectivity index (χ2n) is 4.20. The summed E-state index contributed by atoms with van der Waals surface area (Å²) in [5, 5.41) is 5.93. The van der Waals surface area contributed by atoms with Gasteiger partial charge in [-0.3, -0.25) is 4.79 Å². The van der Waals surface area contributed by atoms with E-state index in [1.807, 2.05) is 25.1 Å². The van der Waals surface area contributed by atoms with Gasteiger partial charge in [-0.1, -0.05) is 12.1 Å². The molecule has 0 radical (unpaired) electrons. The second kappa shape index (κ2) is 6.09. The summed E-state index contributed by atoms with van der Waals surface area (Å²) in [4.78, 5) is 11.6. The van der Waals surface area contributed by atoms with Crippen LogP contribution >= 0.6 is 0 Å². The number of rotatable bonds is 5. The van der Waals surface area contributed by atoms with Gasteiger partial charge in [-0.05, 0) is 44.0 Å². The molecule has 0 aliphatic rings. The van der Waals surface area contributed by atoms with E-state index >= 15 is 0 Å². The van der Waals surface area contributed by atoms with E-state index in [9.17, 15) is 4.79 Å². The van der Waals surface area contributed by atoms with E-state index in [4.69, 9.17) is 0 Å². The molecule has 0 aliphatic heterocycles. The van der Waals surface area contributed by atoms with Crippen molar-refractivity contribution < 1.29 is 4.79 Å². The van der Waals surface area contributed by atoms with Gasteiger partial charge in [-0.25, -0.2) is 0 Å². The minimum atomic E-state index is -0.253. The van der Waals surface area contributed by atoms with E-state index < -0.39 is 0 Å². The predicted octanol–water partition coefficient (Wildman–Crippen LogP) is 2.41. The molecular formula is C14H20N2O. The van der Waals surface area contributed by atoms with Crippen molar-refractivity contribution in [3.63, 3.8) is 0 Å². The van der Waals surface area contributed by atoms with Crippen molar-refractivity contribution >= 4 is 11.6 Å². The van der Waals surface area contributed by atoms with Crippen molar-refractivity contribution in [2.75, 3.05) is 11.9 Å². The van der Waals surface area contributed by atoms with Crippen LogP contribution in [0.15, 0.2) is 30.9 Å². The predicted molar refractivity (Wildman–Crippen MR) is 72.2 cm³/mol. The number of hydrogen-bond acceptors (Lipinski definition) is 2. The first-order valence-electron chi connectivity index (χ1n) is 5.77. The van der Waals surface area contributed by atoms with Crippen molar-refractivity contribution in [3.8, 4) is 0 Å². The first kappa shape index (κ1) is 13.3. The smallest absolute Gasteiger partial charge is 0.242 e. The molecule has 1 atom stereocenters. The quantitative estimate of drug-likeness (QED) is 0.765. The molecule has 0 saturated heterocycles. The number of carbonyl (C=O) groups excluding carboxylic acids is 1. The SMILES string of the molecule is C=CCNC(=O)[C@@H](C)Nc1ccc(C)c(C)c1. The third-order valence-electron chi connectivity index (χ3n) is 2.70. The van der Waals surface area contributed by atoms with Crippen molar-refractivity contribution in [1.29, 1.82) is 0 Å². The number of amides is 1. The Morgan fingerprint density at radius 2 is 2.12 bits per heavy atom. The summed E-state index contributed by atoms with van der Waals surface area (Å²) in [6, 6.07) is 5.83. The molecule has 0 heterocycles. The number of hydrogen-bond donors (Lipinski definition) is 2. The Hall–Kier alpha value is -1.77. The van der Waals surface area contributed by atoms with Crippen LogP contribution in [0.2, 0.25) is 0 Å². The molecule has 0 unspecified atom stereocenters. The van der Waals surface area contributed by atoms with E-state index in [1.165, 1.54) is 11.1 Å². The van der Waals surface area contributed by atoms with Crippen LogP contribution in [0.25, 0.3) is 0 Å². The van der Waals surface area contributed by atoms with Crippen LogP contribution in [0.3, 0.4) is 0 Å². The summed E-state index contributed by atoms with van der Waals surface area (Å²) in [7, 11) is 0. The summed E-state index contributed by atoms with van der Waals surface area (Å²) < 4.78 is 0. The molecule has 1 aromatic rings. The zero-order chi connectivity index (χ0) is 12.8. The number of anilines is 1. The lowest BCUT2D eigenvalue weighted by Crippen LogP contribution is -2.37. The van der Waals surface area contributed by atoms with Gasteiger partial charge in [0.25, 0.3) is 0 Å². The molecule has 3 nitrogen and oxygen atoms in total. The summed E-state index contributed by atoms with van der Waals surface area (Å²) in [5.41, 5.74) is 3.43. The topological polar surface area (TPSA) is 41.1 Å². The maximum atomic E-state index is 11.6. The highest BCUT2D eigenvalue weighted by atomic mass is 16.2. The van der Waals surface area contributed by atoms with Crippen molar-refractivity contribution in [3.05, 3.63) is 42.0 Å². The normalized spacial score (nSPS) is 11.7. The Bertz CT molecular complexity index is 413. The van der Waals surface area contributed by atoms with E-state index in [0.717, 1.165) is 5.69 Å². The monoisotopic (exact) mass is 232 g/mol. The van der Waals surface area contributed by atoms with Crippen molar-refractivity contribution in [2.45, 2.75) is 26.8 Å². The van der Waals surface area contributed by atoms with Gasteiger partial charge >= 0.3 is 0 Å². The summed E-state index contributed by atoms with van der Waals surface area (Å²) in [6.07, 6.45) is 1.67. The zero-order valence-corrected chi connectivity index (χ0v) is 10.7. The number of carbonyl (C=O) groups is 1. The van der Waals surface area contributed by atoms with E-state index in [0.29, 0.717) is 6.54 Å². The fourth-order valence-corrected chi connectivity index (χ4v) is 1.47. The third kappa shape index (κ3) is 3.94. The summed E-state index contributed by atoms with van der Waals surface area (Å²) >= 11 is 0. The van der Waals surface area contributed by atoms with Gasteiger partial charge in [-0.15, -0.1) is 6.58 Å². The van der Waals surface area contributed by atoms with Crippen molar-refractivity contribution in [2.24, 2.45) is 0 Å². The molecule has 3 heteroatoms. The maximum Gasteiger partial charge on any atom is 0.242 e. The van der Waals surface area contributed by atoms with Gasteiger partial charge in [0.1, 0.15) is 6.04 Å². The Morgan fingerprint density at radius 3 is 2.71 bits per heavy atom. The van der Waals surface area contributed by atoms with Crippen LogP contribution in [0, 0.1) is 13.8 Å². The number of nitrogens with one attached hydrogen (secondary N) is 2. The van der Waals surface area contributed by atoms with Gasteiger partial charge in [-0.2, -0.15) is 0 Å². The third-order valence-corrected chi connectivity index (χ3v) is 2.70. The highest BCUT2D eigenvalue weighted by molar-refractivity contribution is 5.84. The molecule has 0 spiro atoms. The Labute approximate surface area is 103 Å². The van der Waals surface area contributed by atoms with Gasteiger partial charge in [0.2, 0.25) is 5.91 Å². The van der Waals surface area contributed by atoms with Gasteiger partial charge in [0.05, 0.1) is 0 Å². The molecule has 0 aliphatic carbocycles. The van der Waals surface area contributed by atoms with E-state index in [1.54, 1.807) is 6.08 Å². The lowest BCUT2D eigenvalue weighted by Gasteiger charge is -2.15. The molecule has 0 aromatic heterocycles. The highest BCUT2D eigenvalue weighted by Gasteiger charge is 2.11. The van der Waals surface area contributed by atoms with Crippen LogP contribution in [0.1, 0.15) is 18.1 Å². The van der Waals surface area contributed by atoms with E-state index in [2.05, 4.69) is 31.1 Å². The molecule has 0 bridgehead atoms. The largest absolute Gasteiger partial charge is 0.374 e. The molecule has 1 amide bonds. The molecule has 1 rings (SSSR count). The number of benzene rings is 1. The van der Waals surface area contributed by atoms with Crippen LogP contribution < -0.4 is 10.6 Å². The minimum Gasteiger partial charge on any atom is -0.374 e. The molecule has 17 heavy (non-hydrogen) atoms. The van der Waals surface area contributed by atoms with Crippen LogP contribution in [0.5, 0.6) is 0 Å². The van der Waals surface area contributed by atoms with Crippen LogP contribution in [-0.4, -0.2) is 18.5 Å². The van der Waals surface area contributed by atoms with Crippen LogP contribution in [-0.2, 0) is 4.79 Å². The molecule has 0 fully saturated rings. The Morgan fingerprint density at radius 1 is 1.41 bits per heavy atom. The van der Waals surface area contributed by atoms with Crippen LogP contribution in [0.4, 0.5) is 5.69 Å². The lowest BCUT2D eigenvalue weighted by molar-refractivity contribution is -0.121. The van der Waals surface area contributed by atoms with Crippen molar-refractivity contribution in [1.82, 2.24) is 5.32 Å². The average Bonchev–Trinajstić information content (AvgIpc) is 2.30. The summed E-state index contributed by atoms with van der Waals surface area (Å²) in [6.45, 7) is 10.0. The maximum absolute atomic E-state index is 11.6. The van der Waals surface area contributed by atoms with Gasteiger partial charge in [0.15, 0.2) is 0 Å².